The first-order valence-electron chi connectivity index (χ1n) is 7.54. The second-order valence-electron chi connectivity index (χ2n) is 5.33. The second-order valence-corrected chi connectivity index (χ2v) is 6.15. The molecule has 0 aliphatic rings. The van der Waals surface area contributed by atoms with Gasteiger partial charge in [-0.2, -0.15) is 5.26 Å². The molecule has 1 aromatic heterocycles. The third-order valence-corrected chi connectivity index (χ3v) is 4.11. The van der Waals surface area contributed by atoms with Crippen molar-refractivity contribution in [3.8, 4) is 6.07 Å². The number of para-hydroxylation sites is 1. The molecule has 0 aliphatic heterocycles. The van der Waals surface area contributed by atoms with E-state index in [-0.39, 0.29) is 5.91 Å². The number of carbonyl (C=O) groups is 1. The molecule has 0 aliphatic carbocycles. The molecule has 7 heteroatoms. The van der Waals surface area contributed by atoms with Crippen molar-refractivity contribution in [3.05, 3.63) is 82.1 Å². The molecule has 2 aromatic carbocycles. The highest BCUT2D eigenvalue weighted by atomic mass is 35.5. The lowest BCUT2D eigenvalue weighted by molar-refractivity contribution is 0.102. The Balaban J connectivity index is 1.80. The number of hydrogen-bond donors (Lipinski definition) is 2. The van der Waals surface area contributed by atoms with Gasteiger partial charge in [0.05, 0.1) is 44.8 Å². The quantitative estimate of drug-likeness (QED) is 0.645. The number of benzene rings is 2. The minimum Gasteiger partial charge on any atom is -0.354 e. The van der Waals surface area contributed by atoms with Crippen molar-refractivity contribution in [1.29, 1.82) is 5.26 Å². The lowest BCUT2D eigenvalue weighted by Gasteiger charge is -2.10. The van der Waals surface area contributed by atoms with Crippen molar-refractivity contribution < 1.29 is 4.79 Å². The zero-order chi connectivity index (χ0) is 18.5. The molecule has 0 radical (unpaired) electrons. The number of halogens is 2. The summed E-state index contributed by atoms with van der Waals surface area (Å²) in [6, 6.07) is 15.7. The number of carbonyl (C=O) groups excluding carboxylic acids is 1. The van der Waals surface area contributed by atoms with Crippen LogP contribution in [0.1, 0.15) is 15.9 Å². The van der Waals surface area contributed by atoms with Gasteiger partial charge in [-0.05, 0) is 36.4 Å². The van der Waals surface area contributed by atoms with Gasteiger partial charge in [-0.15, -0.1) is 0 Å². The van der Waals surface area contributed by atoms with Gasteiger partial charge < -0.3 is 10.6 Å². The molecule has 1 amide bonds. The van der Waals surface area contributed by atoms with Crippen LogP contribution in [-0.2, 0) is 0 Å². The molecule has 0 atom stereocenters. The Hall–Kier alpha value is -3.07. The van der Waals surface area contributed by atoms with Crippen molar-refractivity contribution >= 4 is 46.2 Å². The van der Waals surface area contributed by atoms with E-state index in [1.807, 2.05) is 6.07 Å². The number of amides is 1. The summed E-state index contributed by atoms with van der Waals surface area (Å²) in [5.74, 6) is -0.387. The van der Waals surface area contributed by atoms with E-state index in [9.17, 15) is 4.79 Å². The van der Waals surface area contributed by atoms with Crippen LogP contribution in [0.25, 0.3) is 0 Å². The van der Waals surface area contributed by atoms with Gasteiger partial charge in [-0.3, -0.25) is 9.78 Å². The summed E-state index contributed by atoms with van der Waals surface area (Å²) in [4.78, 5) is 16.6. The van der Waals surface area contributed by atoms with Gasteiger partial charge in [0.1, 0.15) is 0 Å². The van der Waals surface area contributed by atoms with Crippen molar-refractivity contribution in [2.75, 3.05) is 10.6 Å². The van der Waals surface area contributed by atoms with E-state index in [0.29, 0.717) is 32.5 Å². The second kappa shape index (κ2) is 7.87. The smallest absolute Gasteiger partial charge is 0.257 e. The first kappa shape index (κ1) is 17.7. The van der Waals surface area contributed by atoms with E-state index in [1.54, 1.807) is 48.7 Å². The highest BCUT2D eigenvalue weighted by Gasteiger charge is 2.12. The predicted molar refractivity (Wildman–Crippen MR) is 103 cm³/mol. The molecular formula is C19H12Cl2N4O. The van der Waals surface area contributed by atoms with E-state index < -0.39 is 0 Å². The molecule has 128 valence electrons. The third kappa shape index (κ3) is 4.12. The van der Waals surface area contributed by atoms with Crippen LogP contribution >= 0.6 is 23.2 Å². The topological polar surface area (TPSA) is 77.8 Å². The standard InChI is InChI=1S/C19H12Cl2N4O/c20-16-5-2-6-17(21)18(16)25-19(26)13-8-15(11-23-10-13)24-14-4-1-3-12(7-14)9-22/h1-8,10-11,24H,(H,25,26). The zero-order valence-electron chi connectivity index (χ0n) is 13.3. The van der Waals surface area contributed by atoms with Crippen LogP contribution in [0, 0.1) is 11.3 Å². The van der Waals surface area contributed by atoms with E-state index in [0.717, 1.165) is 5.69 Å². The molecule has 3 aromatic rings. The van der Waals surface area contributed by atoms with Crippen LogP contribution in [0.15, 0.2) is 60.9 Å². The molecule has 0 unspecified atom stereocenters. The fourth-order valence-electron chi connectivity index (χ4n) is 2.27. The number of pyridine rings is 1. The SMILES string of the molecule is N#Cc1cccc(Nc2cncc(C(=O)Nc3c(Cl)cccc3Cl)c2)c1. The van der Waals surface area contributed by atoms with Crippen molar-refractivity contribution in [3.63, 3.8) is 0 Å². The molecular weight excluding hydrogens is 371 g/mol. The first-order valence-corrected chi connectivity index (χ1v) is 8.30. The van der Waals surface area contributed by atoms with E-state index in [2.05, 4.69) is 21.7 Å². The van der Waals surface area contributed by atoms with Crippen LogP contribution in [0.5, 0.6) is 0 Å². The third-order valence-electron chi connectivity index (χ3n) is 3.48. The van der Waals surface area contributed by atoms with Gasteiger partial charge in [0.15, 0.2) is 0 Å². The maximum absolute atomic E-state index is 12.5. The monoisotopic (exact) mass is 382 g/mol. The molecule has 2 N–H and O–H groups in total. The number of nitrogens with zero attached hydrogens (tertiary/aromatic N) is 2. The van der Waals surface area contributed by atoms with E-state index in [4.69, 9.17) is 28.5 Å². The summed E-state index contributed by atoms with van der Waals surface area (Å²) in [5, 5.41) is 15.5. The maximum atomic E-state index is 12.5. The van der Waals surface area contributed by atoms with E-state index in [1.165, 1.54) is 6.20 Å². The Labute approximate surface area is 160 Å². The first-order chi connectivity index (χ1) is 12.6. The molecule has 26 heavy (non-hydrogen) atoms. The van der Waals surface area contributed by atoms with Gasteiger partial charge >= 0.3 is 0 Å². The molecule has 1 heterocycles. The average Bonchev–Trinajstić information content (AvgIpc) is 2.65. The molecule has 0 fully saturated rings. The molecule has 5 nitrogen and oxygen atoms in total. The predicted octanol–water partition coefficient (Wildman–Crippen LogP) is 5.26. The summed E-state index contributed by atoms with van der Waals surface area (Å²) in [7, 11) is 0. The van der Waals surface area contributed by atoms with Crippen LogP contribution in [0.2, 0.25) is 10.0 Å². The number of rotatable bonds is 4. The highest BCUT2D eigenvalue weighted by Crippen LogP contribution is 2.30. The fourth-order valence-corrected chi connectivity index (χ4v) is 2.76. The number of nitrogens with one attached hydrogen (secondary N) is 2. The summed E-state index contributed by atoms with van der Waals surface area (Å²) < 4.78 is 0. The Morgan fingerprint density at radius 1 is 1.00 bits per heavy atom. The summed E-state index contributed by atoms with van der Waals surface area (Å²) in [5.41, 5.74) is 2.55. The van der Waals surface area contributed by atoms with Gasteiger partial charge in [-0.25, -0.2) is 0 Å². The number of anilines is 3. The van der Waals surface area contributed by atoms with Crippen LogP contribution in [-0.4, -0.2) is 10.9 Å². The Kier molecular flexibility index (Phi) is 5.37. The van der Waals surface area contributed by atoms with Gasteiger partial charge in [0, 0.05) is 11.9 Å². The van der Waals surface area contributed by atoms with Gasteiger partial charge in [0.2, 0.25) is 0 Å². The number of hydrogen-bond acceptors (Lipinski definition) is 4. The fraction of sp³-hybridized carbons (Fsp3) is 0. The maximum Gasteiger partial charge on any atom is 0.257 e. The lowest BCUT2D eigenvalue weighted by Crippen LogP contribution is -2.13. The van der Waals surface area contributed by atoms with Crippen LogP contribution < -0.4 is 10.6 Å². The lowest BCUT2D eigenvalue weighted by atomic mass is 10.2. The minimum atomic E-state index is -0.387. The highest BCUT2D eigenvalue weighted by molar-refractivity contribution is 6.40. The van der Waals surface area contributed by atoms with Crippen LogP contribution in [0.4, 0.5) is 17.1 Å². The van der Waals surface area contributed by atoms with Crippen LogP contribution in [0.3, 0.4) is 0 Å². The Morgan fingerprint density at radius 2 is 1.73 bits per heavy atom. The molecule has 0 saturated carbocycles. The Bertz CT molecular complexity index is 994. The minimum absolute atomic E-state index is 0.336. The van der Waals surface area contributed by atoms with Gasteiger partial charge in [-0.1, -0.05) is 35.3 Å². The molecule has 0 saturated heterocycles. The number of nitriles is 1. The molecule has 0 bridgehead atoms. The summed E-state index contributed by atoms with van der Waals surface area (Å²) >= 11 is 12.1. The van der Waals surface area contributed by atoms with Crippen molar-refractivity contribution in [2.24, 2.45) is 0 Å². The van der Waals surface area contributed by atoms with Gasteiger partial charge in [0.25, 0.3) is 5.91 Å². The Morgan fingerprint density at radius 3 is 2.46 bits per heavy atom. The molecule has 0 spiro atoms. The van der Waals surface area contributed by atoms with Crippen molar-refractivity contribution in [2.45, 2.75) is 0 Å². The largest absolute Gasteiger partial charge is 0.354 e. The molecule has 3 rings (SSSR count). The number of aromatic nitrogens is 1. The zero-order valence-corrected chi connectivity index (χ0v) is 14.8. The average molecular weight is 383 g/mol. The normalized spacial score (nSPS) is 10.0. The summed E-state index contributed by atoms with van der Waals surface area (Å²) in [6.45, 7) is 0. The van der Waals surface area contributed by atoms with E-state index >= 15 is 0 Å². The van der Waals surface area contributed by atoms with Crippen molar-refractivity contribution in [1.82, 2.24) is 4.98 Å². The summed E-state index contributed by atoms with van der Waals surface area (Å²) in [6.07, 6.45) is 3.02.